The Morgan fingerprint density at radius 2 is 1.87 bits per heavy atom. The van der Waals surface area contributed by atoms with E-state index in [9.17, 15) is 31.1 Å². The zero-order valence-corrected chi connectivity index (χ0v) is 12.3. The number of likely N-dealkylation sites (tertiary alicyclic amines) is 1. The summed E-state index contributed by atoms with van der Waals surface area (Å²) in [5.41, 5.74) is -3.84. The first kappa shape index (κ1) is 18.2. The van der Waals surface area contributed by atoms with Crippen molar-refractivity contribution in [2.45, 2.75) is 44.1 Å². The second-order valence-corrected chi connectivity index (χ2v) is 5.90. The second-order valence-electron chi connectivity index (χ2n) is 5.90. The third-order valence-electron chi connectivity index (χ3n) is 4.41. The van der Waals surface area contributed by atoms with E-state index in [2.05, 4.69) is 5.32 Å². The summed E-state index contributed by atoms with van der Waals surface area (Å²) >= 11 is 0. The molecular formula is C13H18F6N2O2. The largest absolute Gasteiger partial charge is 0.404 e. The minimum Gasteiger partial charge on any atom is -0.378 e. The van der Waals surface area contributed by atoms with Gasteiger partial charge >= 0.3 is 18.4 Å². The Labute approximate surface area is 129 Å². The Hall–Kier alpha value is -1.19. The van der Waals surface area contributed by atoms with Crippen LogP contribution in [0, 0.1) is 5.41 Å². The lowest BCUT2D eigenvalue weighted by Gasteiger charge is -2.33. The lowest BCUT2D eigenvalue weighted by molar-refractivity contribution is -0.334. The predicted octanol–water partition coefficient (Wildman–Crippen LogP) is 3.08. The standard InChI is InChI=1S/C13H18F6N2O2/c14-12(15,16)11(13(17,18)19)4-6-21(8-11)10(22)20-5-3-9-2-1-7-23-9/h9H,1-8H2,(H,20,22)/t9-/m0/s1. The fourth-order valence-electron chi connectivity index (χ4n) is 2.93. The first-order valence-corrected chi connectivity index (χ1v) is 7.35. The van der Waals surface area contributed by atoms with Crippen molar-refractivity contribution >= 4 is 6.03 Å². The molecule has 0 aromatic rings. The van der Waals surface area contributed by atoms with Gasteiger partial charge < -0.3 is 15.0 Å². The van der Waals surface area contributed by atoms with Gasteiger partial charge in [0.2, 0.25) is 0 Å². The smallest absolute Gasteiger partial charge is 0.378 e. The van der Waals surface area contributed by atoms with Gasteiger partial charge in [-0.15, -0.1) is 0 Å². The van der Waals surface area contributed by atoms with Gasteiger partial charge in [-0.05, 0) is 25.7 Å². The Morgan fingerprint density at radius 1 is 1.22 bits per heavy atom. The maximum absolute atomic E-state index is 12.9. The molecule has 0 bridgehead atoms. The predicted molar refractivity (Wildman–Crippen MR) is 67.7 cm³/mol. The number of hydrogen-bond donors (Lipinski definition) is 1. The van der Waals surface area contributed by atoms with Crippen LogP contribution in [0.4, 0.5) is 31.1 Å². The lowest BCUT2D eigenvalue weighted by Crippen LogP contribution is -2.53. The molecule has 10 heteroatoms. The number of nitrogens with one attached hydrogen (secondary N) is 1. The molecule has 4 nitrogen and oxygen atoms in total. The molecule has 134 valence electrons. The fraction of sp³-hybridized carbons (Fsp3) is 0.923. The molecule has 23 heavy (non-hydrogen) atoms. The number of nitrogens with zero attached hydrogens (tertiary/aromatic N) is 1. The number of alkyl halides is 6. The molecule has 1 N–H and O–H groups in total. The summed E-state index contributed by atoms with van der Waals surface area (Å²) in [6, 6.07) is -0.904. The number of ether oxygens (including phenoxy) is 1. The molecule has 0 radical (unpaired) electrons. The highest BCUT2D eigenvalue weighted by atomic mass is 19.4. The third-order valence-corrected chi connectivity index (χ3v) is 4.41. The fourth-order valence-corrected chi connectivity index (χ4v) is 2.93. The molecule has 2 rings (SSSR count). The molecule has 2 aliphatic heterocycles. The molecule has 1 atom stereocenters. The average molecular weight is 348 g/mol. The van der Waals surface area contributed by atoms with Crippen LogP contribution < -0.4 is 5.32 Å². The van der Waals surface area contributed by atoms with Gasteiger partial charge in [0.1, 0.15) is 0 Å². The van der Waals surface area contributed by atoms with Gasteiger partial charge in [-0.2, -0.15) is 26.3 Å². The Morgan fingerprint density at radius 3 is 2.35 bits per heavy atom. The Balaban J connectivity index is 1.90. The number of carbonyl (C=O) groups excluding carboxylic acids is 1. The normalized spacial score (nSPS) is 25.0. The van der Waals surface area contributed by atoms with Crippen LogP contribution in [0.3, 0.4) is 0 Å². The number of carbonyl (C=O) groups is 1. The van der Waals surface area contributed by atoms with Crippen LogP contribution in [0.5, 0.6) is 0 Å². The number of halogens is 6. The second kappa shape index (κ2) is 6.37. The molecule has 2 aliphatic rings. The number of rotatable bonds is 3. The summed E-state index contributed by atoms with van der Waals surface area (Å²) in [6.07, 6.45) is -9.84. The van der Waals surface area contributed by atoms with Crippen molar-refractivity contribution in [3.8, 4) is 0 Å². The van der Waals surface area contributed by atoms with E-state index in [0.717, 1.165) is 12.8 Å². The first-order chi connectivity index (χ1) is 10.6. The maximum Gasteiger partial charge on any atom is 0.404 e. The molecule has 2 fully saturated rings. The van der Waals surface area contributed by atoms with Crippen LogP contribution in [-0.2, 0) is 4.74 Å². The van der Waals surface area contributed by atoms with Crippen molar-refractivity contribution in [3.05, 3.63) is 0 Å². The Bertz CT molecular complexity index is 417. The van der Waals surface area contributed by atoms with Crippen molar-refractivity contribution in [1.29, 1.82) is 0 Å². The van der Waals surface area contributed by atoms with Gasteiger partial charge in [0.25, 0.3) is 0 Å². The summed E-state index contributed by atoms with van der Waals surface area (Å²) in [4.78, 5) is 12.4. The lowest BCUT2D eigenvalue weighted by atomic mass is 9.85. The Kier molecular flexibility index (Phi) is 5.03. The van der Waals surface area contributed by atoms with Crippen molar-refractivity contribution in [2.24, 2.45) is 5.41 Å². The molecule has 2 saturated heterocycles. The molecular weight excluding hydrogens is 330 g/mol. The van der Waals surface area contributed by atoms with Crippen LogP contribution in [0.15, 0.2) is 0 Å². The van der Waals surface area contributed by atoms with Crippen molar-refractivity contribution < 1.29 is 35.9 Å². The van der Waals surface area contributed by atoms with Crippen LogP contribution in [0.25, 0.3) is 0 Å². The SMILES string of the molecule is O=C(NCC[C@@H]1CCCO1)N1CCC(C(F)(F)F)(C(F)(F)F)C1. The zero-order valence-electron chi connectivity index (χ0n) is 12.3. The van der Waals surface area contributed by atoms with Gasteiger partial charge in [-0.3, -0.25) is 0 Å². The number of urea groups is 1. The van der Waals surface area contributed by atoms with Crippen molar-refractivity contribution in [3.63, 3.8) is 0 Å². The highest BCUT2D eigenvalue weighted by Crippen LogP contribution is 2.55. The van der Waals surface area contributed by atoms with E-state index in [1.807, 2.05) is 0 Å². The van der Waals surface area contributed by atoms with E-state index in [0.29, 0.717) is 17.9 Å². The van der Waals surface area contributed by atoms with E-state index in [1.54, 1.807) is 0 Å². The van der Waals surface area contributed by atoms with Crippen LogP contribution in [0.1, 0.15) is 25.7 Å². The molecule has 2 amide bonds. The summed E-state index contributed by atoms with van der Waals surface area (Å²) in [5.74, 6) is 0. The van der Waals surface area contributed by atoms with Crippen LogP contribution >= 0.6 is 0 Å². The topological polar surface area (TPSA) is 41.6 Å². The van der Waals surface area contributed by atoms with Crippen molar-refractivity contribution in [2.75, 3.05) is 26.2 Å². The van der Waals surface area contributed by atoms with Gasteiger partial charge in [0.15, 0.2) is 5.41 Å². The molecule has 0 spiro atoms. The molecule has 0 unspecified atom stereocenters. The summed E-state index contributed by atoms with van der Waals surface area (Å²) in [6.45, 7) is -1.19. The highest BCUT2D eigenvalue weighted by Gasteiger charge is 2.72. The van der Waals surface area contributed by atoms with Crippen molar-refractivity contribution in [1.82, 2.24) is 10.2 Å². The highest BCUT2D eigenvalue weighted by molar-refractivity contribution is 5.74. The van der Waals surface area contributed by atoms with E-state index < -0.39 is 43.3 Å². The van der Waals surface area contributed by atoms with Gasteiger partial charge in [-0.25, -0.2) is 4.79 Å². The average Bonchev–Trinajstić information content (AvgIpc) is 3.06. The monoisotopic (exact) mass is 348 g/mol. The van der Waals surface area contributed by atoms with E-state index in [4.69, 9.17) is 4.74 Å². The van der Waals surface area contributed by atoms with E-state index >= 15 is 0 Å². The molecule has 0 aromatic heterocycles. The number of amides is 2. The summed E-state index contributed by atoms with van der Waals surface area (Å²) in [7, 11) is 0. The minimum absolute atomic E-state index is 0.0154. The molecule has 2 heterocycles. The third kappa shape index (κ3) is 3.67. The summed E-state index contributed by atoms with van der Waals surface area (Å²) < 4.78 is 82.8. The minimum atomic E-state index is -5.45. The maximum atomic E-state index is 12.9. The van der Waals surface area contributed by atoms with Crippen LogP contribution in [0.2, 0.25) is 0 Å². The van der Waals surface area contributed by atoms with E-state index in [1.165, 1.54) is 0 Å². The van der Waals surface area contributed by atoms with Gasteiger partial charge in [0, 0.05) is 26.2 Å². The van der Waals surface area contributed by atoms with Gasteiger partial charge in [0.05, 0.1) is 6.10 Å². The molecule has 0 aliphatic carbocycles. The molecule has 0 aromatic carbocycles. The number of hydrogen-bond acceptors (Lipinski definition) is 2. The summed E-state index contributed by atoms with van der Waals surface area (Å²) in [5, 5.41) is 2.36. The zero-order chi connectivity index (χ0) is 17.3. The first-order valence-electron chi connectivity index (χ1n) is 7.35. The molecule has 0 saturated carbocycles. The van der Waals surface area contributed by atoms with Crippen LogP contribution in [-0.4, -0.2) is 55.6 Å². The quantitative estimate of drug-likeness (QED) is 0.797. The van der Waals surface area contributed by atoms with E-state index in [-0.39, 0.29) is 12.6 Å². The van der Waals surface area contributed by atoms with Gasteiger partial charge in [-0.1, -0.05) is 0 Å².